The van der Waals surface area contributed by atoms with E-state index < -0.39 is 0 Å². The highest BCUT2D eigenvalue weighted by Gasteiger charge is 2.08. The van der Waals surface area contributed by atoms with Crippen molar-refractivity contribution in [2.24, 2.45) is 5.92 Å². The van der Waals surface area contributed by atoms with Gasteiger partial charge in [0.15, 0.2) is 0 Å². The zero-order chi connectivity index (χ0) is 19.1. The Bertz CT molecular complexity index is 315. The smallest absolute Gasteiger partial charge is 0.222 e. The molecule has 0 aliphatic carbocycles. The molecular weight excluding hydrogens is 308 g/mol. The Morgan fingerprint density at radius 3 is 1.76 bits per heavy atom. The van der Waals surface area contributed by atoms with Crippen LogP contribution in [0, 0.1) is 5.92 Å². The fraction of sp³-hybridized carbons (Fsp3) is 0.955. The minimum atomic E-state index is 0.332. The number of unbranched alkanes of at least 4 members (excludes halogenated alkanes) is 7. The summed E-state index contributed by atoms with van der Waals surface area (Å²) in [7, 11) is 4.17. The van der Waals surface area contributed by atoms with Crippen LogP contribution in [0.1, 0.15) is 98.3 Å². The second-order valence-corrected chi connectivity index (χ2v) is 8.50. The van der Waals surface area contributed by atoms with E-state index in [0.717, 1.165) is 31.7 Å². The van der Waals surface area contributed by atoms with E-state index in [9.17, 15) is 4.79 Å². The van der Waals surface area contributed by atoms with Crippen LogP contribution in [-0.2, 0) is 4.79 Å². The number of carbonyl (C=O) groups excluding carboxylic acids is 1. The van der Waals surface area contributed by atoms with E-state index in [2.05, 4.69) is 39.6 Å². The summed E-state index contributed by atoms with van der Waals surface area (Å²) in [6, 6.07) is 0.664. The maximum Gasteiger partial charge on any atom is 0.222 e. The number of hydrogen-bond donors (Lipinski definition) is 0. The Hall–Kier alpha value is -0.570. The molecule has 0 rings (SSSR count). The molecule has 0 atom stereocenters. The van der Waals surface area contributed by atoms with Crippen LogP contribution in [0.2, 0.25) is 0 Å². The summed E-state index contributed by atoms with van der Waals surface area (Å²) in [6.07, 6.45) is 13.4. The lowest BCUT2D eigenvalue weighted by Crippen LogP contribution is -2.27. The van der Waals surface area contributed by atoms with Gasteiger partial charge in [0.2, 0.25) is 5.91 Å². The fourth-order valence-electron chi connectivity index (χ4n) is 3.01. The van der Waals surface area contributed by atoms with Crippen LogP contribution < -0.4 is 0 Å². The van der Waals surface area contributed by atoms with Crippen LogP contribution in [0.15, 0.2) is 0 Å². The first-order valence-electron chi connectivity index (χ1n) is 10.8. The Kier molecular flexibility index (Phi) is 15.3. The standard InChI is InChI=1S/C22H46N2O/c1-20(2)16-15-19-24(6)22(25)17-13-11-9-7-8-10-12-14-18-23(5)21(3)4/h20-21H,7-19H2,1-6H3. The van der Waals surface area contributed by atoms with Crippen molar-refractivity contribution in [1.82, 2.24) is 9.80 Å². The Morgan fingerprint density at radius 1 is 0.720 bits per heavy atom. The molecular formula is C22H46N2O. The van der Waals surface area contributed by atoms with Gasteiger partial charge >= 0.3 is 0 Å². The zero-order valence-corrected chi connectivity index (χ0v) is 18.1. The number of rotatable bonds is 16. The van der Waals surface area contributed by atoms with Crippen LogP contribution in [0.5, 0.6) is 0 Å². The summed E-state index contributed by atoms with van der Waals surface area (Å²) in [5, 5.41) is 0. The van der Waals surface area contributed by atoms with Crippen molar-refractivity contribution >= 4 is 5.91 Å². The van der Waals surface area contributed by atoms with Crippen LogP contribution in [-0.4, -0.2) is 48.9 Å². The first-order valence-corrected chi connectivity index (χ1v) is 10.8. The number of hydrogen-bond acceptors (Lipinski definition) is 2. The second-order valence-electron chi connectivity index (χ2n) is 8.50. The lowest BCUT2D eigenvalue weighted by Gasteiger charge is -2.20. The first kappa shape index (κ1) is 24.4. The largest absolute Gasteiger partial charge is 0.346 e. The second kappa shape index (κ2) is 15.7. The molecule has 0 heterocycles. The average molecular weight is 355 g/mol. The topological polar surface area (TPSA) is 23.6 Å². The van der Waals surface area contributed by atoms with E-state index in [0.29, 0.717) is 11.9 Å². The quantitative estimate of drug-likeness (QED) is 0.330. The Balaban J connectivity index is 3.38. The minimum absolute atomic E-state index is 0.332. The Morgan fingerprint density at radius 2 is 1.24 bits per heavy atom. The summed E-state index contributed by atoms with van der Waals surface area (Å²) >= 11 is 0. The van der Waals surface area contributed by atoms with Crippen LogP contribution in [0.3, 0.4) is 0 Å². The lowest BCUT2D eigenvalue weighted by atomic mass is 10.1. The highest BCUT2D eigenvalue weighted by Crippen LogP contribution is 2.11. The molecule has 0 saturated carbocycles. The third kappa shape index (κ3) is 15.4. The minimum Gasteiger partial charge on any atom is -0.346 e. The zero-order valence-electron chi connectivity index (χ0n) is 18.1. The SMILES string of the molecule is CC(C)CCCN(C)C(=O)CCCCCCCCCCN(C)C(C)C. The number of carbonyl (C=O) groups is 1. The van der Waals surface area contributed by atoms with Crippen LogP contribution in [0.25, 0.3) is 0 Å². The summed E-state index contributed by atoms with van der Waals surface area (Å²) in [5.74, 6) is 1.07. The molecule has 0 aromatic rings. The molecule has 25 heavy (non-hydrogen) atoms. The van der Waals surface area contributed by atoms with Crippen LogP contribution >= 0.6 is 0 Å². The van der Waals surface area contributed by atoms with Crippen molar-refractivity contribution < 1.29 is 4.79 Å². The molecule has 3 nitrogen and oxygen atoms in total. The van der Waals surface area contributed by atoms with Gasteiger partial charge < -0.3 is 9.80 Å². The summed E-state index contributed by atoms with van der Waals surface area (Å²) in [4.78, 5) is 16.4. The molecule has 0 aliphatic rings. The summed E-state index contributed by atoms with van der Waals surface area (Å²) in [5.41, 5.74) is 0. The predicted molar refractivity (Wildman–Crippen MR) is 111 cm³/mol. The molecule has 150 valence electrons. The first-order chi connectivity index (χ1) is 11.8. The molecule has 0 spiro atoms. The summed E-state index contributed by atoms with van der Waals surface area (Å²) in [6.45, 7) is 11.1. The molecule has 0 radical (unpaired) electrons. The van der Waals surface area contributed by atoms with Crippen molar-refractivity contribution in [1.29, 1.82) is 0 Å². The highest BCUT2D eigenvalue weighted by atomic mass is 16.2. The molecule has 0 unspecified atom stereocenters. The number of amides is 1. The van der Waals surface area contributed by atoms with Gasteiger partial charge in [0.25, 0.3) is 0 Å². The van der Waals surface area contributed by atoms with Crippen molar-refractivity contribution in [3.63, 3.8) is 0 Å². The predicted octanol–water partition coefficient (Wildman–Crippen LogP) is 5.73. The van der Waals surface area contributed by atoms with Crippen molar-refractivity contribution in [3.05, 3.63) is 0 Å². The third-order valence-corrected chi connectivity index (χ3v) is 5.23. The van der Waals surface area contributed by atoms with Crippen LogP contribution in [0.4, 0.5) is 0 Å². The van der Waals surface area contributed by atoms with Crippen molar-refractivity contribution in [3.8, 4) is 0 Å². The molecule has 0 aliphatic heterocycles. The molecule has 3 heteroatoms. The van der Waals surface area contributed by atoms with E-state index in [4.69, 9.17) is 0 Å². The summed E-state index contributed by atoms with van der Waals surface area (Å²) < 4.78 is 0. The fourth-order valence-corrected chi connectivity index (χ4v) is 3.01. The molecule has 0 aromatic heterocycles. The Labute approximate surface area is 158 Å². The van der Waals surface area contributed by atoms with E-state index in [1.54, 1.807) is 0 Å². The van der Waals surface area contributed by atoms with Crippen molar-refractivity contribution in [2.45, 2.75) is 104 Å². The van der Waals surface area contributed by atoms with Gasteiger partial charge in [-0.05, 0) is 59.0 Å². The third-order valence-electron chi connectivity index (χ3n) is 5.23. The van der Waals surface area contributed by atoms with Gasteiger partial charge in [0.05, 0.1) is 0 Å². The van der Waals surface area contributed by atoms with Gasteiger partial charge in [0.1, 0.15) is 0 Å². The monoisotopic (exact) mass is 354 g/mol. The van der Waals surface area contributed by atoms with Gasteiger partial charge in [0, 0.05) is 26.1 Å². The van der Waals surface area contributed by atoms with E-state index in [-0.39, 0.29) is 0 Å². The number of nitrogens with zero attached hydrogens (tertiary/aromatic N) is 2. The van der Waals surface area contributed by atoms with E-state index in [1.165, 1.54) is 57.9 Å². The molecule has 0 bridgehead atoms. The molecule has 0 N–H and O–H groups in total. The van der Waals surface area contributed by atoms with E-state index in [1.807, 2.05) is 11.9 Å². The normalized spacial score (nSPS) is 11.7. The molecule has 0 saturated heterocycles. The van der Waals surface area contributed by atoms with Gasteiger partial charge in [-0.1, -0.05) is 52.4 Å². The highest BCUT2D eigenvalue weighted by molar-refractivity contribution is 5.75. The van der Waals surface area contributed by atoms with E-state index >= 15 is 0 Å². The van der Waals surface area contributed by atoms with Crippen molar-refractivity contribution in [2.75, 3.05) is 27.2 Å². The molecule has 0 aromatic carbocycles. The average Bonchev–Trinajstić information content (AvgIpc) is 2.55. The maximum atomic E-state index is 12.1. The van der Waals surface area contributed by atoms with Gasteiger partial charge in [-0.15, -0.1) is 0 Å². The van der Waals surface area contributed by atoms with Gasteiger partial charge in [-0.25, -0.2) is 0 Å². The molecule has 1 amide bonds. The van der Waals surface area contributed by atoms with Gasteiger partial charge in [-0.3, -0.25) is 4.79 Å². The van der Waals surface area contributed by atoms with Gasteiger partial charge in [-0.2, -0.15) is 0 Å². The maximum absolute atomic E-state index is 12.1. The molecule has 0 fully saturated rings. The lowest BCUT2D eigenvalue weighted by molar-refractivity contribution is -0.130.